The number of carbonyl (C=O) groups excluding carboxylic acids is 1. The van der Waals surface area contributed by atoms with Crippen LogP contribution in [0.25, 0.3) is 28.8 Å². The minimum Gasteiger partial charge on any atom is -0.458 e. The molecule has 1 aliphatic rings. The van der Waals surface area contributed by atoms with Gasteiger partial charge in [-0.1, -0.05) is 32.0 Å². The van der Waals surface area contributed by atoms with E-state index in [9.17, 15) is 14.3 Å². The summed E-state index contributed by atoms with van der Waals surface area (Å²) in [6, 6.07) is 17.6. The molecular formula is C29H28FN5O3. The van der Waals surface area contributed by atoms with Gasteiger partial charge in [-0.3, -0.25) is 4.79 Å². The molecule has 38 heavy (non-hydrogen) atoms. The summed E-state index contributed by atoms with van der Waals surface area (Å²) in [4.78, 5) is 26.0. The summed E-state index contributed by atoms with van der Waals surface area (Å²) < 4.78 is 21.1. The number of aliphatic hydroxyl groups is 1. The molecule has 2 aromatic heterocycles. The molecule has 4 aromatic rings. The molecule has 0 aliphatic carbocycles. The Morgan fingerprint density at radius 1 is 1.11 bits per heavy atom. The van der Waals surface area contributed by atoms with E-state index in [2.05, 4.69) is 10.3 Å². The molecule has 1 fully saturated rings. The van der Waals surface area contributed by atoms with Crippen molar-refractivity contribution in [3.8, 4) is 22.6 Å². The van der Waals surface area contributed by atoms with Gasteiger partial charge < -0.3 is 19.7 Å². The Bertz CT molecular complexity index is 1450. The van der Waals surface area contributed by atoms with Crippen molar-refractivity contribution in [3.63, 3.8) is 0 Å². The predicted octanol–water partition coefficient (Wildman–Crippen LogP) is 5.55. The number of hydrogen-bond acceptors (Lipinski definition) is 7. The third-order valence-electron chi connectivity index (χ3n) is 6.14. The summed E-state index contributed by atoms with van der Waals surface area (Å²) in [5, 5.41) is 13.3. The lowest BCUT2D eigenvalue weighted by atomic mass is 10.1. The van der Waals surface area contributed by atoms with Gasteiger partial charge in [-0.05, 0) is 48.5 Å². The molecule has 8 nitrogen and oxygen atoms in total. The monoisotopic (exact) mass is 513 g/mol. The number of cyclic esters (lactones) is 1. The molecule has 0 radical (unpaired) electrons. The Hall–Kier alpha value is -4.37. The van der Waals surface area contributed by atoms with E-state index in [1.165, 1.54) is 12.1 Å². The second-order valence-electron chi connectivity index (χ2n) is 9.42. The number of esters is 1. The van der Waals surface area contributed by atoms with E-state index in [0.29, 0.717) is 29.5 Å². The van der Waals surface area contributed by atoms with Gasteiger partial charge in [-0.15, -0.1) is 0 Å². The van der Waals surface area contributed by atoms with Gasteiger partial charge in [0.15, 0.2) is 0 Å². The molecule has 2 atom stereocenters. The molecule has 2 N–H and O–H groups in total. The number of aromatic nitrogens is 4. The molecule has 1 unspecified atom stereocenters. The lowest BCUT2D eigenvalue weighted by Crippen LogP contribution is -2.31. The maximum Gasteiger partial charge on any atom is 0.309 e. The highest BCUT2D eigenvalue weighted by atomic mass is 19.1. The van der Waals surface area contributed by atoms with Crippen molar-refractivity contribution in [1.29, 1.82) is 0 Å². The maximum absolute atomic E-state index is 13.8. The Balaban J connectivity index is 1.63. The highest BCUT2D eigenvalue weighted by Gasteiger charge is 2.26. The highest BCUT2D eigenvalue weighted by molar-refractivity contribution is 5.79. The number of hydrogen-bond donors (Lipinski definition) is 2. The second kappa shape index (κ2) is 10.9. The third kappa shape index (κ3) is 5.63. The molecule has 0 bridgehead atoms. The summed E-state index contributed by atoms with van der Waals surface area (Å²) in [5.41, 5.74) is 3.48. The molecule has 9 heteroatoms. The summed E-state index contributed by atoms with van der Waals surface area (Å²) in [5.74, 6) is 0.400. The third-order valence-corrected chi connectivity index (χ3v) is 6.14. The second-order valence-corrected chi connectivity index (χ2v) is 9.42. The quantitative estimate of drug-likeness (QED) is 0.312. The molecule has 1 aliphatic heterocycles. The summed E-state index contributed by atoms with van der Waals surface area (Å²) >= 11 is 0. The van der Waals surface area contributed by atoms with Crippen LogP contribution < -0.4 is 5.32 Å². The van der Waals surface area contributed by atoms with Crippen LogP contribution in [0.1, 0.15) is 38.4 Å². The number of nitrogens with zero attached hydrogens (tertiary/aromatic N) is 4. The number of carbonyl (C=O) groups is 1. The number of imidazole rings is 1. The molecule has 0 spiro atoms. The van der Waals surface area contributed by atoms with Crippen LogP contribution in [0.3, 0.4) is 0 Å². The summed E-state index contributed by atoms with van der Waals surface area (Å²) in [6.07, 6.45) is 4.19. The van der Waals surface area contributed by atoms with Crippen molar-refractivity contribution in [1.82, 2.24) is 19.5 Å². The number of rotatable bonds is 7. The zero-order chi connectivity index (χ0) is 26.6. The van der Waals surface area contributed by atoms with Crippen LogP contribution in [0.2, 0.25) is 0 Å². The predicted molar refractivity (Wildman–Crippen MR) is 143 cm³/mol. The smallest absolute Gasteiger partial charge is 0.309 e. The normalized spacial score (nSPS) is 17.7. The number of nitrogens with one attached hydrogen (secondary N) is 1. The van der Waals surface area contributed by atoms with Crippen LogP contribution in [0, 0.1) is 5.82 Å². The molecule has 2 aromatic carbocycles. The molecule has 0 saturated carbocycles. The van der Waals surface area contributed by atoms with E-state index in [-0.39, 0.29) is 18.2 Å². The number of para-hydroxylation sites is 1. The van der Waals surface area contributed by atoms with E-state index in [4.69, 9.17) is 14.7 Å². The first-order valence-electron chi connectivity index (χ1n) is 12.5. The fourth-order valence-electron chi connectivity index (χ4n) is 4.37. The average Bonchev–Trinajstić information content (AvgIpc) is 3.28. The van der Waals surface area contributed by atoms with Gasteiger partial charge in [0.05, 0.1) is 29.6 Å². The summed E-state index contributed by atoms with van der Waals surface area (Å²) in [7, 11) is 0. The fourth-order valence-corrected chi connectivity index (χ4v) is 4.37. The van der Waals surface area contributed by atoms with Crippen molar-refractivity contribution < 1.29 is 19.0 Å². The van der Waals surface area contributed by atoms with Gasteiger partial charge in [-0.25, -0.2) is 19.3 Å². The summed E-state index contributed by atoms with van der Waals surface area (Å²) in [6.45, 7) is 4.05. The SMILES string of the molecule is CC(C)c1nc(-c2ccc(F)cc2)c(-c2ccnc(Nc3ccccc3)n2)n1/C=C/C1C[C@@H](O)CC(=O)O1. The maximum atomic E-state index is 13.8. The topological polar surface area (TPSA) is 102 Å². The highest BCUT2D eigenvalue weighted by Crippen LogP contribution is 2.35. The molecule has 5 rings (SSSR count). The van der Waals surface area contributed by atoms with Gasteiger partial charge in [0, 0.05) is 36.0 Å². The minimum absolute atomic E-state index is 0.00918. The standard InChI is InChI=1S/C29H28FN5O3/c1-18(2)28-34-26(19-8-10-20(30)11-9-19)27(35(28)15-13-23-16-22(36)17-25(37)38-23)24-12-14-31-29(33-24)32-21-6-4-3-5-7-21/h3-15,18,22-23,36H,16-17H2,1-2H3,(H,31,32,33)/b15-13+/t22-,23?/m1/s1. The zero-order valence-corrected chi connectivity index (χ0v) is 21.1. The first-order chi connectivity index (χ1) is 18.4. The first-order valence-corrected chi connectivity index (χ1v) is 12.5. The number of anilines is 2. The Morgan fingerprint density at radius 3 is 2.58 bits per heavy atom. The number of benzene rings is 2. The average molecular weight is 514 g/mol. The number of ether oxygens (including phenoxy) is 1. The van der Waals surface area contributed by atoms with E-state index in [1.807, 2.05) is 48.7 Å². The van der Waals surface area contributed by atoms with Gasteiger partial charge >= 0.3 is 5.97 Å². The van der Waals surface area contributed by atoms with Crippen molar-refractivity contribution in [2.75, 3.05) is 5.32 Å². The van der Waals surface area contributed by atoms with E-state index >= 15 is 0 Å². The zero-order valence-electron chi connectivity index (χ0n) is 21.1. The molecule has 194 valence electrons. The van der Waals surface area contributed by atoms with Crippen molar-refractivity contribution in [2.24, 2.45) is 0 Å². The Morgan fingerprint density at radius 2 is 1.87 bits per heavy atom. The van der Waals surface area contributed by atoms with Crippen LogP contribution in [0.4, 0.5) is 16.0 Å². The van der Waals surface area contributed by atoms with Crippen LogP contribution in [-0.4, -0.2) is 42.8 Å². The van der Waals surface area contributed by atoms with Gasteiger partial charge in [-0.2, -0.15) is 0 Å². The van der Waals surface area contributed by atoms with Crippen LogP contribution in [0.5, 0.6) is 0 Å². The fraction of sp³-hybridized carbons (Fsp3) is 0.241. The molecule has 3 heterocycles. The Labute approximate surface area is 219 Å². The van der Waals surface area contributed by atoms with E-state index < -0.39 is 18.2 Å². The Kier molecular flexibility index (Phi) is 7.28. The lowest BCUT2D eigenvalue weighted by Gasteiger charge is -2.23. The minimum atomic E-state index is -0.749. The van der Waals surface area contributed by atoms with Crippen molar-refractivity contribution in [3.05, 3.63) is 84.6 Å². The molecular weight excluding hydrogens is 485 g/mol. The lowest BCUT2D eigenvalue weighted by molar-refractivity contribution is -0.156. The van der Waals surface area contributed by atoms with Crippen LogP contribution >= 0.6 is 0 Å². The van der Waals surface area contributed by atoms with Crippen LogP contribution in [-0.2, 0) is 9.53 Å². The van der Waals surface area contributed by atoms with Gasteiger partial charge in [0.25, 0.3) is 0 Å². The van der Waals surface area contributed by atoms with Gasteiger partial charge in [0.2, 0.25) is 5.95 Å². The van der Waals surface area contributed by atoms with E-state index in [1.54, 1.807) is 36.7 Å². The molecule has 0 amide bonds. The number of halogens is 1. The van der Waals surface area contributed by atoms with Gasteiger partial charge in [0.1, 0.15) is 17.7 Å². The number of aliphatic hydroxyl groups excluding tert-OH is 1. The van der Waals surface area contributed by atoms with Crippen molar-refractivity contribution in [2.45, 2.75) is 44.8 Å². The molecule has 1 saturated heterocycles. The largest absolute Gasteiger partial charge is 0.458 e. The van der Waals surface area contributed by atoms with Crippen molar-refractivity contribution >= 4 is 23.8 Å². The van der Waals surface area contributed by atoms with E-state index in [0.717, 1.165) is 17.1 Å². The first kappa shape index (κ1) is 25.3. The van der Waals surface area contributed by atoms with Crippen LogP contribution in [0.15, 0.2) is 72.9 Å².